The third-order valence-electron chi connectivity index (χ3n) is 5.45. The molecule has 1 aromatic heterocycles. The second-order valence-corrected chi connectivity index (χ2v) is 8.66. The van der Waals surface area contributed by atoms with Gasteiger partial charge in [0.1, 0.15) is 5.82 Å². The Balaban J connectivity index is 1.77. The molecule has 130 valence electrons. The maximum atomic E-state index is 13.2. The van der Waals surface area contributed by atoms with E-state index in [9.17, 15) is 12.8 Å². The lowest BCUT2D eigenvalue weighted by Crippen LogP contribution is -2.26. The van der Waals surface area contributed by atoms with Crippen molar-refractivity contribution in [3.8, 4) is 0 Å². The van der Waals surface area contributed by atoms with Gasteiger partial charge in [-0.15, -0.1) is 0 Å². The summed E-state index contributed by atoms with van der Waals surface area (Å²) in [6.07, 6.45) is 6.76. The van der Waals surface area contributed by atoms with E-state index in [0.717, 1.165) is 29.7 Å². The number of rotatable bonds is 3. The van der Waals surface area contributed by atoms with Gasteiger partial charge in [-0.25, -0.2) is 17.9 Å². The van der Waals surface area contributed by atoms with Crippen molar-refractivity contribution in [2.45, 2.75) is 37.0 Å². The zero-order chi connectivity index (χ0) is 17.7. The Kier molecular flexibility index (Phi) is 3.77. The quantitative estimate of drug-likeness (QED) is 0.908. The fourth-order valence-electron chi connectivity index (χ4n) is 3.98. The van der Waals surface area contributed by atoms with Crippen LogP contribution in [0.2, 0.25) is 0 Å². The highest BCUT2D eigenvalue weighted by atomic mass is 32.2. The number of aromatic nitrogens is 1. The van der Waals surface area contributed by atoms with Crippen molar-refractivity contribution < 1.29 is 12.8 Å². The third-order valence-corrected chi connectivity index (χ3v) is 6.38. The fourth-order valence-corrected chi connectivity index (χ4v) is 4.49. The standard InChI is InChI=1S/C19H19FN2O2S/c20-14-4-7-18(22-12-14)17-11-19(8-1-9-19)10-16(17)13-2-5-15(6-3-13)25(21,23)24/h2-7,12H,1,8-11H2,(H2,21,23,24). The predicted octanol–water partition coefficient (Wildman–Crippen LogP) is 3.74. The molecule has 4 rings (SSSR count). The molecule has 1 heterocycles. The topological polar surface area (TPSA) is 73.1 Å². The number of hydrogen-bond donors (Lipinski definition) is 1. The van der Waals surface area contributed by atoms with E-state index in [1.165, 1.54) is 37.1 Å². The number of nitrogens with zero attached hydrogens (tertiary/aromatic N) is 1. The molecule has 0 saturated heterocycles. The van der Waals surface area contributed by atoms with Crippen molar-refractivity contribution in [2.75, 3.05) is 0 Å². The molecular weight excluding hydrogens is 339 g/mol. The minimum absolute atomic E-state index is 0.106. The number of primary sulfonamides is 1. The Morgan fingerprint density at radius 3 is 2.20 bits per heavy atom. The molecule has 0 radical (unpaired) electrons. The third kappa shape index (κ3) is 3.00. The smallest absolute Gasteiger partial charge is 0.238 e. The first-order valence-corrected chi connectivity index (χ1v) is 9.88. The fraction of sp³-hybridized carbons (Fsp3) is 0.316. The molecule has 0 atom stereocenters. The maximum absolute atomic E-state index is 13.2. The molecule has 1 fully saturated rings. The van der Waals surface area contributed by atoms with Gasteiger partial charge >= 0.3 is 0 Å². The maximum Gasteiger partial charge on any atom is 0.238 e. The number of benzene rings is 1. The van der Waals surface area contributed by atoms with Crippen molar-refractivity contribution in [3.05, 3.63) is 59.7 Å². The van der Waals surface area contributed by atoms with Gasteiger partial charge < -0.3 is 0 Å². The van der Waals surface area contributed by atoms with Gasteiger partial charge in [0.15, 0.2) is 0 Å². The highest BCUT2D eigenvalue weighted by molar-refractivity contribution is 7.89. The Labute approximate surface area is 146 Å². The zero-order valence-electron chi connectivity index (χ0n) is 13.7. The highest BCUT2D eigenvalue weighted by Gasteiger charge is 2.44. The Bertz CT molecular complexity index is 944. The SMILES string of the molecule is NS(=O)(=O)c1ccc(C2=C(c3ccc(F)cn3)CC3(CCC3)C2)cc1. The molecule has 2 aliphatic rings. The van der Waals surface area contributed by atoms with Crippen LogP contribution in [0.1, 0.15) is 43.4 Å². The zero-order valence-corrected chi connectivity index (χ0v) is 14.5. The Hall–Kier alpha value is -2.05. The molecule has 6 heteroatoms. The number of hydrogen-bond acceptors (Lipinski definition) is 3. The number of sulfonamides is 1. The summed E-state index contributed by atoms with van der Waals surface area (Å²) in [5, 5.41) is 5.18. The summed E-state index contributed by atoms with van der Waals surface area (Å²) in [5.74, 6) is -0.347. The van der Waals surface area contributed by atoms with Gasteiger partial charge in [0.2, 0.25) is 10.0 Å². The summed E-state index contributed by atoms with van der Waals surface area (Å²) in [6.45, 7) is 0. The monoisotopic (exact) mass is 358 g/mol. The lowest BCUT2D eigenvalue weighted by molar-refractivity contribution is 0.157. The molecule has 2 N–H and O–H groups in total. The number of pyridine rings is 1. The van der Waals surface area contributed by atoms with Crippen LogP contribution in [-0.4, -0.2) is 13.4 Å². The van der Waals surface area contributed by atoms with E-state index in [1.54, 1.807) is 30.3 Å². The summed E-state index contributed by atoms with van der Waals surface area (Å²) in [4.78, 5) is 4.37. The minimum Gasteiger partial charge on any atom is -0.254 e. The molecule has 0 bridgehead atoms. The van der Waals surface area contributed by atoms with E-state index in [0.29, 0.717) is 5.41 Å². The van der Waals surface area contributed by atoms with Crippen LogP contribution in [0.5, 0.6) is 0 Å². The predicted molar refractivity (Wildman–Crippen MR) is 94.3 cm³/mol. The number of halogens is 1. The molecular formula is C19H19FN2O2S. The van der Waals surface area contributed by atoms with Crippen molar-refractivity contribution in [3.63, 3.8) is 0 Å². The van der Waals surface area contributed by atoms with Crippen molar-refractivity contribution >= 4 is 21.2 Å². The van der Waals surface area contributed by atoms with Gasteiger partial charge in [-0.3, -0.25) is 4.98 Å². The first kappa shape index (κ1) is 16.4. The van der Waals surface area contributed by atoms with E-state index in [1.807, 2.05) is 0 Å². The molecule has 2 aromatic rings. The van der Waals surface area contributed by atoms with Gasteiger partial charge in [0.05, 0.1) is 16.8 Å². The average molecular weight is 358 g/mol. The van der Waals surface area contributed by atoms with E-state index < -0.39 is 10.0 Å². The van der Waals surface area contributed by atoms with Crippen LogP contribution in [0.15, 0.2) is 47.5 Å². The average Bonchev–Trinajstić information content (AvgIpc) is 2.96. The Morgan fingerprint density at radius 1 is 1.00 bits per heavy atom. The molecule has 4 nitrogen and oxygen atoms in total. The van der Waals surface area contributed by atoms with Crippen LogP contribution in [0.4, 0.5) is 4.39 Å². The van der Waals surface area contributed by atoms with Gasteiger partial charge in [-0.1, -0.05) is 18.6 Å². The van der Waals surface area contributed by atoms with Gasteiger partial charge in [0, 0.05) is 0 Å². The normalized spacial score (nSPS) is 19.3. The van der Waals surface area contributed by atoms with E-state index >= 15 is 0 Å². The molecule has 0 amide bonds. The molecule has 0 aliphatic heterocycles. The minimum atomic E-state index is -3.70. The van der Waals surface area contributed by atoms with Crippen molar-refractivity contribution in [2.24, 2.45) is 10.6 Å². The van der Waals surface area contributed by atoms with Gasteiger partial charge in [-0.2, -0.15) is 0 Å². The van der Waals surface area contributed by atoms with E-state index in [4.69, 9.17) is 5.14 Å². The molecule has 2 aliphatic carbocycles. The van der Waals surface area contributed by atoms with Crippen molar-refractivity contribution in [1.82, 2.24) is 4.98 Å². The summed E-state index contributed by atoms with van der Waals surface area (Å²) in [7, 11) is -3.70. The summed E-state index contributed by atoms with van der Waals surface area (Å²) in [5.41, 5.74) is 4.40. The summed E-state index contributed by atoms with van der Waals surface area (Å²) >= 11 is 0. The molecule has 0 unspecified atom stereocenters. The largest absolute Gasteiger partial charge is 0.254 e. The van der Waals surface area contributed by atoms with Crippen LogP contribution in [0, 0.1) is 11.2 Å². The van der Waals surface area contributed by atoms with Gasteiger partial charge in [0.25, 0.3) is 0 Å². The number of nitrogens with two attached hydrogens (primary N) is 1. The van der Waals surface area contributed by atoms with E-state index in [-0.39, 0.29) is 10.7 Å². The Morgan fingerprint density at radius 2 is 1.68 bits per heavy atom. The molecule has 1 saturated carbocycles. The van der Waals surface area contributed by atoms with Crippen LogP contribution in [-0.2, 0) is 10.0 Å². The molecule has 25 heavy (non-hydrogen) atoms. The number of allylic oxidation sites excluding steroid dienone is 2. The van der Waals surface area contributed by atoms with Gasteiger partial charge in [-0.05, 0) is 72.1 Å². The summed E-state index contributed by atoms with van der Waals surface area (Å²) in [6, 6.07) is 9.84. The lowest BCUT2D eigenvalue weighted by atomic mass is 9.66. The first-order valence-electron chi connectivity index (χ1n) is 8.34. The second-order valence-electron chi connectivity index (χ2n) is 7.10. The first-order chi connectivity index (χ1) is 11.9. The van der Waals surface area contributed by atoms with Crippen LogP contribution in [0.3, 0.4) is 0 Å². The molecule has 1 aromatic carbocycles. The molecule has 1 spiro atoms. The highest BCUT2D eigenvalue weighted by Crippen LogP contribution is 2.59. The van der Waals surface area contributed by atoms with Crippen LogP contribution in [0.25, 0.3) is 11.1 Å². The lowest BCUT2D eigenvalue weighted by Gasteiger charge is -2.39. The second kappa shape index (κ2) is 5.75. The van der Waals surface area contributed by atoms with Crippen LogP contribution >= 0.6 is 0 Å². The van der Waals surface area contributed by atoms with Crippen LogP contribution < -0.4 is 5.14 Å². The van der Waals surface area contributed by atoms with E-state index in [2.05, 4.69) is 4.98 Å². The van der Waals surface area contributed by atoms with Crippen molar-refractivity contribution in [1.29, 1.82) is 0 Å². The summed E-state index contributed by atoms with van der Waals surface area (Å²) < 4.78 is 36.2.